The molecule has 3 heterocycles. The van der Waals surface area contributed by atoms with Crippen molar-refractivity contribution >= 4 is 0 Å². The molecule has 0 amide bonds. The van der Waals surface area contributed by atoms with Gasteiger partial charge in [0.1, 0.15) is 30.5 Å². The van der Waals surface area contributed by atoms with Crippen molar-refractivity contribution in [1.82, 2.24) is 0 Å². The first-order chi connectivity index (χ1) is 21.0. The lowest BCUT2D eigenvalue weighted by atomic mass is 9.41. The van der Waals surface area contributed by atoms with Gasteiger partial charge in [-0.15, -0.1) is 0 Å². The highest BCUT2D eigenvalue weighted by Crippen LogP contribution is 2.90. The fourth-order valence-corrected chi connectivity index (χ4v) is 14.1. The molecular formula is C36H58O9. The Morgan fingerprint density at radius 1 is 0.844 bits per heavy atom. The summed E-state index contributed by atoms with van der Waals surface area (Å²) in [4.78, 5) is 0. The second-order valence-corrected chi connectivity index (χ2v) is 18.4. The molecule has 9 nitrogen and oxygen atoms in total. The minimum Gasteiger partial charge on any atom is -0.388 e. The number of rotatable bonds is 4. The first-order valence-electron chi connectivity index (χ1n) is 17.9. The highest BCUT2D eigenvalue weighted by Gasteiger charge is 2.88. The molecule has 0 aromatic heterocycles. The van der Waals surface area contributed by atoms with E-state index in [9.17, 15) is 20.4 Å². The number of fused-ring (bicyclic) bond motifs is 4. The quantitative estimate of drug-likeness (QED) is 0.342. The van der Waals surface area contributed by atoms with Crippen LogP contribution in [0.15, 0.2) is 0 Å². The van der Waals surface area contributed by atoms with Gasteiger partial charge in [-0.1, -0.05) is 34.6 Å². The lowest BCUT2D eigenvalue weighted by Crippen LogP contribution is -2.61. The van der Waals surface area contributed by atoms with Crippen LogP contribution in [-0.4, -0.2) is 94.5 Å². The first-order valence-corrected chi connectivity index (χ1v) is 17.9. The van der Waals surface area contributed by atoms with E-state index in [-0.39, 0.29) is 57.9 Å². The molecule has 0 aromatic rings. The third-order valence-corrected chi connectivity index (χ3v) is 16.4. The van der Waals surface area contributed by atoms with Gasteiger partial charge in [-0.25, -0.2) is 0 Å². The van der Waals surface area contributed by atoms with E-state index in [4.69, 9.17) is 23.7 Å². The van der Waals surface area contributed by atoms with Crippen LogP contribution >= 0.6 is 0 Å². The number of methoxy groups -OCH3 is 1. The molecule has 3 saturated heterocycles. The molecule has 2 bridgehead atoms. The average molecular weight is 635 g/mol. The van der Waals surface area contributed by atoms with Gasteiger partial charge in [-0.05, 0) is 105 Å². The molecule has 256 valence electrons. The maximum atomic E-state index is 12.8. The number of hydrogen-bond acceptors (Lipinski definition) is 9. The largest absolute Gasteiger partial charge is 0.388 e. The SMILES string of the molecule is COC(C)(C)[C@H]1O[C@@]23O[C@@H]1C[C@@H](C)[C@@H]2[C@@]1(C)CC[C@@]24C[C@@]25CC[C@H](O[C@@H]2OC[C@H](O)[C@H](O)[C@H]2O)C(C)(C)[C@H]5CC[C@@H]4[C@]1(C)[C@H]3O. The number of ether oxygens (including phenoxy) is 5. The summed E-state index contributed by atoms with van der Waals surface area (Å²) in [6.07, 6.45) is 2.70. The van der Waals surface area contributed by atoms with Crippen LogP contribution in [0.5, 0.6) is 0 Å². The zero-order chi connectivity index (χ0) is 32.3. The van der Waals surface area contributed by atoms with E-state index >= 15 is 0 Å². The van der Waals surface area contributed by atoms with Crippen molar-refractivity contribution in [2.24, 2.45) is 50.7 Å². The highest BCUT2D eigenvalue weighted by molar-refractivity contribution is 5.34. The van der Waals surface area contributed by atoms with Crippen molar-refractivity contribution in [2.75, 3.05) is 13.7 Å². The topological polar surface area (TPSA) is 127 Å². The fraction of sp³-hybridized carbons (Fsp3) is 1.00. The Morgan fingerprint density at radius 2 is 1.53 bits per heavy atom. The first kappa shape index (κ1) is 31.9. The number of aliphatic hydroxyl groups excluding tert-OH is 4. The lowest BCUT2D eigenvalue weighted by molar-refractivity contribution is -0.303. The van der Waals surface area contributed by atoms with Crippen molar-refractivity contribution in [3.8, 4) is 0 Å². The van der Waals surface area contributed by atoms with Gasteiger partial charge in [0, 0.05) is 18.4 Å². The smallest absolute Gasteiger partial charge is 0.199 e. The molecule has 5 saturated carbocycles. The molecule has 0 radical (unpaired) electrons. The van der Waals surface area contributed by atoms with Gasteiger partial charge in [0.2, 0.25) is 0 Å². The third kappa shape index (κ3) is 3.57. The van der Waals surface area contributed by atoms with E-state index < -0.39 is 42.1 Å². The summed E-state index contributed by atoms with van der Waals surface area (Å²) in [5, 5.41) is 43.6. The Bertz CT molecular complexity index is 1220. The van der Waals surface area contributed by atoms with E-state index in [0.717, 1.165) is 38.5 Å². The number of aliphatic hydroxyl groups is 4. The fourth-order valence-electron chi connectivity index (χ4n) is 14.1. The summed E-state index contributed by atoms with van der Waals surface area (Å²) in [5.41, 5.74) is -0.717. The van der Waals surface area contributed by atoms with Crippen molar-refractivity contribution in [3.05, 3.63) is 0 Å². The van der Waals surface area contributed by atoms with Crippen LogP contribution in [0.4, 0.5) is 0 Å². The van der Waals surface area contributed by atoms with Gasteiger partial charge < -0.3 is 44.1 Å². The average Bonchev–Trinajstić information content (AvgIpc) is 3.50. The van der Waals surface area contributed by atoms with Gasteiger partial charge in [0.25, 0.3) is 0 Å². The van der Waals surface area contributed by atoms with Gasteiger partial charge in [-0.3, -0.25) is 0 Å². The third-order valence-electron chi connectivity index (χ3n) is 16.4. The van der Waals surface area contributed by atoms with Crippen molar-refractivity contribution in [2.45, 2.75) is 160 Å². The maximum Gasteiger partial charge on any atom is 0.199 e. The Balaban J connectivity index is 1.10. The van der Waals surface area contributed by atoms with Crippen molar-refractivity contribution < 1.29 is 44.1 Å². The van der Waals surface area contributed by atoms with Crippen molar-refractivity contribution in [3.63, 3.8) is 0 Å². The van der Waals surface area contributed by atoms with Crippen LogP contribution < -0.4 is 0 Å². The van der Waals surface area contributed by atoms with Crippen LogP contribution in [0.25, 0.3) is 0 Å². The molecule has 4 N–H and O–H groups in total. The summed E-state index contributed by atoms with van der Waals surface area (Å²) in [5.74, 6) is 0.346. The summed E-state index contributed by atoms with van der Waals surface area (Å²) in [6.45, 7) is 16.0. The predicted octanol–water partition coefficient (Wildman–Crippen LogP) is 3.78. The lowest BCUT2D eigenvalue weighted by Gasteiger charge is -2.63. The normalized spacial score (nSPS) is 61.1. The van der Waals surface area contributed by atoms with Crippen LogP contribution in [0, 0.1) is 50.7 Å². The molecule has 45 heavy (non-hydrogen) atoms. The molecule has 0 aromatic carbocycles. The van der Waals surface area contributed by atoms with E-state index in [1.54, 1.807) is 7.11 Å². The summed E-state index contributed by atoms with van der Waals surface area (Å²) >= 11 is 0. The van der Waals surface area contributed by atoms with Gasteiger partial charge in [-0.2, -0.15) is 0 Å². The van der Waals surface area contributed by atoms with Gasteiger partial charge in [0.05, 0.1) is 24.4 Å². The molecule has 3 spiro atoms. The van der Waals surface area contributed by atoms with Crippen LogP contribution in [-0.2, 0) is 23.7 Å². The Kier molecular flexibility index (Phi) is 6.69. The number of hydrogen-bond donors (Lipinski definition) is 4. The van der Waals surface area contributed by atoms with Crippen LogP contribution in [0.1, 0.15) is 99.8 Å². The van der Waals surface area contributed by atoms with Gasteiger partial charge >= 0.3 is 0 Å². The molecule has 9 heteroatoms. The minimum absolute atomic E-state index is 0.0487. The van der Waals surface area contributed by atoms with Crippen LogP contribution in [0.3, 0.4) is 0 Å². The molecule has 3 aliphatic heterocycles. The molecule has 8 rings (SSSR count). The van der Waals surface area contributed by atoms with E-state index in [0.29, 0.717) is 17.8 Å². The zero-order valence-corrected chi connectivity index (χ0v) is 28.6. The molecule has 8 aliphatic rings. The predicted molar refractivity (Wildman–Crippen MR) is 164 cm³/mol. The molecule has 5 aliphatic carbocycles. The van der Waals surface area contributed by atoms with Gasteiger partial charge in [0.15, 0.2) is 12.1 Å². The summed E-state index contributed by atoms with van der Waals surface area (Å²) < 4.78 is 32.1. The maximum absolute atomic E-state index is 12.8. The highest BCUT2D eigenvalue weighted by atomic mass is 16.8. The second kappa shape index (κ2) is 9.45. The standard InChI is InChI=1S/C36H58O9/c1-18-15-20-27(31(4,5)41-8)45-36(44-20)26(18)32(6)13-14-35-17-34(35)12-11-23(43-28-25(39)24(38)19(37)16-42-28)30(2,3)21(34)9-10-22(35)33(32,7)29(36)40/h18-29,37-40H,9-17H2,1-8H3/t18-,19+,20-,21-,22-,23+,24+,25-,26-,27+,28+,29-,32-,33-,34-,35+,36+/m1/s1. The molecule has 17 atom stereocenters. The Hall–Kier alpha value is -0.360. The Labute approximate surface area is 268 Å². The second-order valence-electron chi connectivity index (χ2n) is 18.4. The summed E-state index contributed by atoms with van der Waals surface area (Å²) in [7, 11) is 1.74. The minimum atomic E-state index is -1.28. The van der Waals surface area contributed by atoms with E-state index in [2.05, 4.69) is 48.5 Å². The Morgan fingerprint density at radius 3 is 2.24 bits per heavy atom. The van der Waals surface area contributed by atoms with E-state index in [1.165, 1.54) is 12.8 Å². The van der Waals surface area contributed by atoms with Crippen molar-refractivity contribution in [1.29, 1.82) is 0 Å². The van der Waals surface area contributed by atoms with E-state index in [1.807, 2.05) is 0 Å². The van der Waals surface area contributed by atoms with Crippen LogP contribution in [0.2, 0.25) is 0 Å². The molecule has 0 unspecified atom stereocenters. The molecular weight excluding hydrogens is 576 g/mol. The molecule has 8 fully saturated rings. The zero-order valence-electron chi connectivity index (χ0n) is 28.6. The summed E-state index contributed by atoms with van der Waals surface area (Å²) in [6, 6.07) is 0. The monoisotopic (exact) mass is 634 g/mol.